The molecule has 0 atom stereocenters. The van der Waals surface area contributed by atoms with Crippen LogP contribution < -0.4 is 0 Å². The molecule has 3 nitrogen and oxygen atoms in total. The zero-order chi connectivity index (χ0) is 18.1. The van der Waals surface area contributed by atoms with E-state index in [9.17, 15) is 0 Å². The quantitative estimate of drug-likeness (QED) is 0.655. The van der Waals surface area contributed by atoms with Crippen molar-refractivity contribution in [3.63, 3.8) is 0 Å². The predicted octanol–water partition coefficient (Wildman–Crippen LogP) is 5.10. The van der Waals surface area contributed by atoms with Crippen LogP contribution in [0.2, 0.25) is 0 Å². The van der Waals surface area contributed by atoms with E-state index in [-0.39, 0.29) is 5.41 Å². The first-order valence-electron chi connectivity index (χ1n) is 9.81. The second kappa shape index (κ2) is 6.88. The average Bonchev–Trinajstić information content (AvgIpc) is 3.27. The Labute approximate surface area is 156 Å². The Morgan fingerprint density at radius 2 is 1.58 bits per heavy atom. The largest absolute Gasteiger partial charge is 0.323 e. The van der Waals surface area contributed by atoms with E-state index in [0.29, 0.717) is 0 Å². The Bertz CT molecular complexity index is 878. The maximum Gasteiger partial charge on any atom is 0.141 e. The van der Waals surface area contributed by atoms with Crippen LogP contribution in [-0.2, 0) is 12.0 Å². The molecule has 1 fully saturated rings. The molecule has 4 rings (SSSR count). The van der Waals surface area contributed by atoms with Crippen LogP contribution >= 0.6 is 0 Å². The Kier molecular flexibility index (Phi) is 4.58. The molecule has 0 radical (unpaired) electrons. The number of hydrogen-bond donors (Lipinski definition) is 0. The molecule has 0 amide bonds. The minimum Gasteiger partial charge on any atom is -0.323 e. The lowest BCUT2D eigenvalue weighted by Crippen LogP contribution is -2.24. The van der Waals surface area contributed by atoms with E-state index in [1.807, 2.05) is 0 Å². The van der Waals surface area contributed by atoms with Crippen molar-refractivity contribution in [1.82, 2.24) is 14.5 Å². The predicted molar refractivity (Wildman–Crippen MR) is 110 cm³/mol. The van der Waals surface area contributed by atoms with E-state index in [2.05, 4.69) is 78.8 Å². The molecule has 2 heterocycles. The third kappa shape index (κ3) is 3.41. The number of para-hydroxylation sites is 2. The van der Waals surface area contributed by atoms with Gasteiger partial charge in [0.15, 0.2) is 0 Å². The lowest BCUT2D eigenvalue weighted by atomic mass is 9.87. The van der Waals surface area contributed by atoms with Gasteiger partial charge < -0.3 is 9.47 Å². The van der Waals surface area contributed by atoms with Crippen LogP contribution in [0.15, 0.2) is 48.5 Å². The van der Waals surface area contributed by atoms with Gasteiger partial charge in [0.2, 0.25) is 0 Å². The zero-order valence-electron chi connectivity index (χ0n) is 16.2. The maximum absolute atomic E-state index is 4.96. The van der Waals surface area contributed by atoms with Crippen molar-refractivity contribution in [2.24, 2.45) is 0 Å². The summed E-state index contributed by atoms with van der Waals surface area (Å²) >= 11 is 0. The van der Waals surface area contributed by atoms with Gasteiger partial charge in [-0.05, 0) is 49.0 Å². The highest BCUT2D eigenvalue weighted by Gasteiger charge is 2.17. The SMILES string of the molecule is CC(C)(C)c1ccc(-c2nc3ccccc3n2CCN2CCCC2)cc1. The molecule has 1 saturated heterocycles. The van der Waals surface area contributed by atoms with Gasteiger partial charge in [-0.3, -0.25) is 0 Å². The topological polar surface area (TPSA) is 21.1 Å². The fourth-order valence-electron chi connectivity index (χ4n) is 3.89. The van der Waals surface area contributed by atoms with Crippen molar-refractivity contribution in [3.05, 3.63) is 54.1 Å². The smallest absolute Gasteiger partial charge is 0.141 e. The molecule has 136 valence electrons. The highest BCUT2D eigenvalue weighted by Crippen LogP contribution is 2.28. The molecule has 1 aliphatic heterocycles. The third-order valence-electron chi connectivity index (χ3n) is 5.50. The first-order valence-corrected chi connectivity index (χ1v) is 9.81. The molecule has 0 bridgehead atoms. The molecular formula is C23H29N3. The lowest BCUT2D eigenvalue weighted by molar-refractivity contribution is 0.325. The summed E-state index contributed by atoms with van der Waals surface area (Å²) in [5, 5.41) is 0. The van der Waals surface area contributed by atoms with Crippen molar-refractivity contribution < 1.29 is 0 Å². The summed E-state index contributed by atoms with van der Waals surface area (Å²) in [6.45, 7) is 11.3. The van der Waals surface area contributed by atoms with Gasteiger partial charge in [-0.25, -0.2) is 4.98 Å². The molecular weight excluding hydrogens is 318 g/mol. The first kappa shape index (κ1) is 17.3. The Morgan fingerprint density at radius 3 is 2.27 bits per heavy atom. The minimum atomic E-state index is 0.175. The molecule has 0 aliphatic carbocycles. The summed E-state index contributed by atoms with van der Waals surface area (Å²) in [4.78, 5) is 7.54. The minimum absolute atomic E-state index is 0.175. The van der Waals surface area contributed by atoms with Crippen molar-refractivity contribution >= 4 is 11.0 Å². The van der Waals surface area contributed by atoms with E-state index in [1.165, 1.54) is 42.6 Å². The van der Waals surface area contributed by atoms with E-state index in [4.69, 9.17) is 4.98 Å². The summed E-state index contributed by atoms with van der Waals surface area (Å²) in [5.74, 6) is 1.09. The number of fused-ring (bicyclic) bond motifs is 1. The van der Waals surface area contributed by atoms with Gasteiger partial charge in [0.05, 0.1) is 11.0 Å². The van der Waals surface area contributed by atoms with E-state index in [1.54, 1.807) is 0 Å². The second-order valence-electron chi connectivity index (χ2n) is 8.45. The second-order valence-corrected chi connectivity index (χ2v) is 8.45. The number of nitrogens with zero attached hydrogens (tertiary/aromatic N) is 3. The third-order valence-corrected chi connectivity index (χ3v) is 5.50. The monoisotopic (exact) mass is 347 g/mol. The Balaban J connectivity index is 1.70. The van der Waals surface area contributed by atoms with Crippen molar-refractivity contribution in [3.8, 4) is 11.4 Å². The first-order chi connectivity index (χ1) is 12.5. The van der Waals surface area contributed by atoms with Crippen molar-refractivity contribution in [1.29, 1.82) is 0 Å². The van der Waals surface area contributed by atoms with E-state index >= 15 is 0 Å². The fraction of sp³-hybridized carbons (Fsp3) is 0.435. The Hall–Kier alpha value is -2.13. The van der Waals surface area contributed by atoms with Crippen LogP contribution in [0.4, 0.5) is 0 Å². The highest BCUT2D eigenvalue weighted by molar-refractivity contribution is 5.80. The van der Waals surface area contributed by atoms with Crippen LogP contribution in [0.25, 0.3) is 22.4 Å². The summed E-state index contributed by atoms with van der Waals surface area (Å²) in [5.41, 5.74) is 5.07. The van der Waals surface area contributed by atoms with Gasteiger partial charge in [0, 0.05) is 18.7 Å². The van der Waals surface area contributed by atoms with Crippen LogP contribution in [0.1, 0.15) is 39.2 Å². The van der Waals surface area contributed by atoms with Gasteiger partial charge >= 0.3 is 0 Å². The normalized spacial score (nSPS) is 15.8. The molecule has 3 aromatic rings. The number of hydrogen-bond acceptors (Lipinski definition) is 2. The fourth-order valence-corrected chi connectivity index (χ4v) is 3.89. The molecule has 2 aromatic carbocycles. The average molecular weight is 348 g/mol. The van der Waals surface area contributed by atoms with Gasteiger partial charge in [0.25, 0.3) is 0 Å². The number of benzene rings is 2. The van der Waals surface area contributed by atoms with Gasteiger partial charge in [-0.1, -0.05) is 57.2 Å². The van der Waals surface area contributed by atoms with Crippen LogP contribution in [0.5, 0.6) is 0 Å². The molecule has 0 saturated carbocycles. The summed E-state index contributed by atoms with van der Waals surface area (Å²) < 4.78 is 2.40. The maximum atomic E-state index is 4.96. The molecule has 26 heavy (non-hydrogen) atoms. The highest BCUT2D eigenvalue weighted by atomic mass is 15.2. The Morgan fingerprint density at radius 1 is 0.885 bits per heavy atom. The summed E-state index contributed by atoms with van der Waals surface area (Å²) in [6.07, 6.45) is 2.68. The number of aromatic nitrogens is 2. The van der Waals surface area contributed by atoms with Crippen molar-refractivity contribution in [2.45, 2.75) is 45.6 Å². The zero-order valence-corrected chi connectivity index (χ0v) is 16.2. The van der Waals surface area contributed by atoms with Crippen molar-refractivity contribution in [2.75, 3.05) is 19.6 Å². The molecule has 0 spiro atoms. The standard InChI is InChI=1S/C23H29N3/c1-23(2,3)19-12-10-18(11-13-19)22-24-20-8-4-5-9-21(20)26(22)17-16-25-14-6-7-15-25/h4-5,8-13H,6-7,14-17H2,1-3H3. The number of likely N-dealkylation sites (tertiary alicyclic amines) is 1. The molecule has 0 unspecified atom stereocenters. The summed E-state index contributed by atoms with van der Waals surface area (Å²) in [6, 6.07) is 17.5. The molecule has 1 aromatic heterocycles. The molecule has 0 N–H and O–H groups in total. The summed E-state index contributed by atoms with van der Waals surface area (Å²) in [7, 11) is 0. The van der Waals surface area contributed by atoms with Crippen LogP contribution in [-0.4, -0.2) is 34.1 Å². The van der Waals surface area contributed by atoms with Gasteiger partial charge in [0.1, 0.15) is 5.82 Å². The number of rotatable bonds is 4. The number of imidazole rings is 1. The molecule has 3 heteroatoms. The van der Waals surface area contributed by atoms with E-state index < -0.39 is 0 Å². The van der Waals surface area contributed by atoms with E-state index in [0.717, 1.165) is 24.4 Å². The van der Waals surface area contributed by atoms with Gasteiger partial charge in [-0.2, -0.15) is 0 Å². The molecule has 1 aliphatic rings. The van der Waals surface area contributed by atoms with Gasteiger partial charge in [-0.15, -0.1) is 0 Å². The van der Waals surface area contributed by atoms with Crippen LogP contribution in [0.3, 0.4) is 0 Å². The lowest BCUT2D eigenvalue weighted by Gasteiger charge is -2.19. The van der Waals surface area contributed by atoms with Crippen LogP contribution in [0, 0.1) is 0 Å².